The molecule has 0 saturated carbocycles. The monoisotopic (exact) mass is 714 g/mol. The van der Waals surface area contributed by atoms with Gasteiger partial charge in [-0.3, -0.25) is 4.68 Å². The Morgan fingerprint density at radius 1 is 0.942 bits per heavy atom. The van der Waals surface area contributed by atoms with E-state index in [4.69, 9.17) is 9.47 Å². The van der Waals surface area contributed by atoms with E-state index in [9.17, 15) is 14.3 Å². The molecule has 2 aliphatic heterocycles. The Kier molecular flexibility index (Phi) is 10.4. The van der Waals surface area contributed by atoms with E-state index in [1.807, 2.05) is 43.3 Å². The molecule has 5 aromatic rings. The van der Waals surface area contributed by atoms with Crippen LogP contribution in [-0.4, -0.2) is 79.2 Å². The molecule has 2 aromatic heterocycles. The van der Waals surface area contributed by atoms with E-state index in [0.29, 0.717) is 44.4 Å². The highest BCUT2D eigenvalue weighted by atomic mass is 19.1. The number of piperazine rings is 1. The average molecular weight is 715 g/mol. The van der Waals surface area contributed by atoms with E-state index >= 15 is 4.39 Å². The van der Waals surface area contributed by atoms with Crippen LogP contribution < -0.4 is 20.2 Å². The molecule has 0 aliphatic carbocycles. The number of halogens is 2. The van der Waals surface area contributed by atoms with Gasteiger partial charge in [0.1, 0.15) is 43.0 Å². The second-order valence-electron chi connectivity index (χ2n) is 13.5. The first-order chi connectivity index (χ1) is 25.2. The third-order valence-corrected chi connectivity index (χ3v) is 10.3. The Balaban J connectivity index is 0.918. The number of aromatic nitrogens is 6. The van der Waals surface area contributed by atoms with Gasteiger partial charge in [0.05, 0.1) is 29.5 Å². The van der Waals surface area contributed by atoms with Gasteiger partial charge in [-0.15, -0.1) is 0 Å². The largest absolute Gasteiger partial charge is 0.491 e. The smallest absolute Gasteiger partial charge is 0.350 e. The van der Waals surface area contributed by atoms with Gasteiger partial charge in [-0.2, -0.15) is 10.2 Å². The van der Waals surface area contributed by atoms with Crippen molar-refractivity contribution in [2.45, 2.75) is 69.9 Å². The Morgan fingerprint density at radius 3 is 2.23 bits per heavy atom. The first-order valence-corrected chi connectivity index (χ1v) is 17.9. The lowest BCUT2D eigenvalue weighted by Crippen LogP contribution is -2.46. The Labute approximate surface area is 300 Å². The standard InChI is InChI=1S/C38H44F2N8O4/c1-3-36(27(2)49)48-37(50)47(26-43-48)31-7-5-29(6-8-31)44-18-20-45(21-19-44)30-9-11-32(12-10-30)51-23-33-14-15-38(52-33,16-17-46-25-41-24-42-46)34-13-4-28(39)22-35(34)40/h4-13,22,24-27,33,36,49H,3,14-21,23H2,1-2H3/t27?,33-,36?,38+/m1/s1. The summed E-state index contributed by atoms with van der Waals surface area (Å²) in [6.45, 7) is 7.76. The van der Waals surface area contributed by atoms with Gasteiger partial charge in [-0.1, -0.05) is 13.0 Å². The zero-order valence-corrected chi connectivity index (χ0v) is 29.4. The number of ether oxygens (including phenoxy) is 2. The van der Waals surface area contributed by atoms with Crippen LogP contribution in [-0.2, 0) is 16.9 Å². The summed E-state index contributed by atoms with van der Waals surface area (Å²) in [5.74, 6) is -0.519. The van der Waals surface area contributed by atoms with Gasteiger partial charge in [-0.05, 0) is 80.8 Å². The van der Waals surface area contributed by atoms with Gasteiger partial charge in [0, 0.05) is 62.1 Å². The summed E-state index contributed by atoms with van der Waals surface area (Å²) in [5, 5.41) is 18.5. The van der Waals surface area contributed by atoms with Gasteiger partial charge in [-0.25, -0.2) is 27.8 Å². The van der Waals surface area contributed by atoms with E-state index in [2.05, 4.69) is 37.1 Å². The molecular formula is C38H44F2N8O4. The molecule has 7 rings (SSSR count). The number of anilines is 2. The van der Waals surface area contributed by atoms with Crippen LogP contribution in [0, 0.1) is 11.6 Å². The highest BCUT2D eigenvalue weighted by Gasteiger charge is 2.43. The predicted molar refractivity (Wildman–Crippen MR) is 192 cm³/mol. The molecule has 2 fully saturated rings. The summed E-state index contributed by atoms with van der Waals surface area (Å²) in [7, 11) is 0. The molecule has 0 bridgehead atoms. The fourth-order valence-corrected chi connectivity index (χ4v) is 7.40. The topological polar surface area (TPSA) is 116 Å². The SMILES string of the molecule is CCC(C(C)O)n1ncn(-c2ccc(N3CCN(c4ccc(OC[C@H]5CC[C@](CCn6cncn6)(c6ccc(F)cc6F)O5)cc4)CC3)cc2)c1=O. The van der Waals surface area contributed by atoms with Crippen molar-refractivity contribution in [3.05, 3.63) is 113 Å². The average Bonchev–Trinajstić information content (AvgIpc) is 3.92. The van der Waals surface area contributed by atoms with Crippen molar-refractivity contribution in [1.29, 1.82) is 0 Å². The number of aryl methyl sites for hydroxylation is 1. The molecule has 2 saturated heterocycles. The van der Waals surface area contributed by atoms with Gasteiger partial charge in [0.15, 0.2) is 0 Å². The van der Waals surface area contributed by atoms with E-state index < -0.39 is 23.3 Å². The minimum absolute atomic E-state index is 0.260. The minimum atomic E-state index is -0.923. The van der Waals surface area contributed by atoms with Gasteiger partial charge in [0.2, 0.25) is 0 Å². The molecule has 3 aromatic carbocycles. The third-order valence-electron chi connectivity index (χ3n) is 10.3. The Morgan fingerprint density at radius 2 is 1.62 bits per heavy atom. The van der Waals surface area contributed by atoms with Gasteiger partial charge >= 0.3 is 5.69 Å². The van der Waals surface area contributed by atoms with Crippen LogP contribution >= 0.6 is 0 Å². The molecule has 274 valence electrons. The van der Waals surface area contributed by atoms with Crippen LogP contribution in [0.5, 0.6) is 5.75 Å². The molecule has 2 aliphatic rings. The van der Waals surface area contributed by atoms with Crippen molar-refractivity contribution >= 4 is 11.4 Å². The zero-order chi connectivity index (χ0) is 36.2. The maximum atomic E-state index is 15.0. The first kappa shape index (κ1) is 35.3. The number of rotatable bonds is 13. The number of hydrogen-bond donors (Lipinski definition) is 1. The molecule has 0 amide bonds. The van der Waals surface area contributed by atoms with Crippen LogP contribution in [0.2, 0.25) is 0 Å². The Hall–Kier alpha value is -5.08. The van der Waals surface area contributed by atoms with Crippen molar-refractivity contribution in [1.82, 2.24) is 29.1 Å². The van der Waals surface area contributed by atoms with Crippen molar-refractivity contribution in [3.8, 4) is 11.4 Å². The molecule has 52 heavy (non-hydrogen) atoms. The predicted octanol–water partition coefficient (Wildman–Crippen LogP) is 5.11. The van der Waals surface area contributed by atoms with E-state index in [1.54, 1.807) is 17.9 Å². The van der Waals surface area contributed by atoms with Crippen LogP contribution in [0.25, 0.3) is 5.69 Å². The van der Waals surface area contributed by atoms with Crippen LogP contribution in [0.4, 0.5) is 20.2 Å². The molecule has 1 N–H and O–H groups in total. The van der Waals surface area contributed by atoms with Crippen molar-refractivity contribution in [3.63, 3.8) is 0 Å². The molecule has 0 radical (unpaired) electrons. The van der Waals surface area contributed by atoms with Gasteiger partial charge < -0.3 is 24.4 Å². The molecular weight excluding hydrogens is 670 g/mol. The van der Waals surface area contributed by atoms with Crippen molar-refractivity contribution < 1.29 is 23.4 Å². The number of aliphatic hydroxyl groups excluding tert-OH is 1. The zero-order valence-electron chi connectivity index (χ0n) is 29.4. The summed E-state index contributed by atoms with van der Waals surface area (Å²) in [6, 6.07) is 19.2. The second kappa shape index (κ2) is 15.3. The molecule has 12 nitrogen and oxygen atoms in total. The number of aliphatic hydroxyl groups is 1. The highest BCUT2D eigenvalue weighted by Crippen LogP contribution is 2.44. The maximum absolute atomic E-state index is 15.0. The van der Waals surface area contributed by atoms with Crippen LogP contribution in [0.15, 0.2) is 90.5 Å². The normalized spacial score (nSPS) is 20.3. The van der Waals surface area contributed by atoms with E-state index in [-0.39, 0.29) is 17.8 Å². The fourth-order valence-electron chi connectivity index (χ4n) is 7.40. The summed E-state index contributed by atoms with van der Waals surface area (Å²) in [4.78, 5) is 21.7. The molecule has 0 spiro atoms. The van der Waals surface area contributed by atoms with Gasteiger partial charge in [0.25, 0.3) is 0 Å². The lowest BCUT2D eigenvalue weighted by molar-refractivity contribution is -0.0692. The molecule has 2 unspecified atom stereocenters. The lowest BCUT2D eigenvalue weighted by atomic mass is 9.87. The quantitative estimate of drug-likeness (QED) is 0.178. The molecule has 14 heteroatoms. The van der Waals surface area contributed by atoms with Crippen molar-refractivity contribution in [2.75, 3.05) is 42.6 Å². The summed E-state index contributed by atoms with van der Waals surface area (Å²) in [5.41, 5.74) is 2.07. The fraction of sp³-hybridized carbons (Fsp3) is 0.421. The number of nitrogens with zero attached hydrogens (tertiary/aromatic N) is 8. The first-order valence-electron chi connectivity index (χ1n) is 17.9. The second-order valence-corrected chi connectivity index (χ2v) is 13.5. The summed E-state index contributed by atoms with van der Waals surface area (Å²) < 4.78 is 46.0. The third kappa shape index (κ3) is 7.44. The summed E-state index contributed by atoms with van der Waals surface area (Å²) >= 11 is 0. The summed E-state index contributed by atoms with van der Waals surface area (Å²) in [6.07, 6.45) is 5.94. The van der Waals surface area contributed by atoms with Crippen molar-refractivity contribution in [2.24, 2.45) is 0 Å². The van der Waals surface area contributed by atoms with E-state index in [1.165, 1.54) is 34.0 Å². The highest BCUT2D eigenvalue weighted by molar-refractivity contribution is 5.54. The molecule has 4 heterocycles. The maximum Gasteiger partial charge on any atom is 0.350 e. The minimum Gasteiger partial charge on any atom is -0.491 e. The molecule has 4 atom stereocenters. The van der Waals surface area contributed by atoms with Crippen LogP contribution in [0.1, 0.15) is 51.1 Å². The van der Waals surface area contributed by atoms with Crippen LogP contribution in [0.3, 0.4) is 0 Å². The lowest BCUT2D eigenvalue weighted by Gasteiger charge is -2.37. The number of benzene rings is 3. The Bertz CT molecular complexity index is 1980. The number of hydrogen-bond acceptors (Lipinski definition) is 9. The van der Waals surface area contributed by atoms with E-state index in [0.717, 1.165) is 55.1 Å².